The van der Waals surface area contributed by atoms with Gasteiger partial charge in [0.15, 0.2) is 0 Å². The van der Waals surface area contributed by atoms with Crippen molar-refractivity contribution in [3.8, 4) is 11.3 Å². The van der Waals surface area contributed by atoms with Gasteiger partial charge in [-0.1, -0.05) is 41.3 Å². The molecule has 0 saturated heterocycles. The molecule has 4 N–H and O–H groups in total. The maximum Gasteiger partial charge on any atom is 0.254 e. The Kier molecular flexibility index (Phi) is 7.53. The normalized spacial score (nSPS) is 15.2. The number of nitrogen functional groups attached to an aromatic ring is 1. The Morgan fingerprint density at radius 3 is 2.62 bits per heavy atom. The average molecular weight is 531 g/mol. The van der Waals surface area contributed by atoms with Gasteiger partial charge in [0.05, 0.1) is 30.1 Å². The lowest BCUT2D eigenvalue weighted by Gasteiger charge is -2.21. The van der Waals surface area contributed by atoms with Gasteiger partial charge in [0.2, 0.25) is 0 Å². The SMILES string of the molecule is Nc1ncc(C2CCCCC2)nc1-c1ccc(C(=O)N[C@H](CO)c2cc(F)cc(Br)c2)c(F)c1. The van der Waals surface area contributed by atoms with Gasteiger partial charge >= 0.3 is 0 Å². The number of benzene rings is 2. The Bertz CT molecular complexity index is 1180. The minimum atomic E-state index is -0.910. The van der Waals surface area contributed by atoms with E-state index >= 15 is 0 Å². The number of hydrogen-bond donors (Lipinski definition) is 3. The van der Waals surface area contributed by atoms with E-state index in [-0.39, 0.29) is 11.4 Å². The second kappa shape index (κ2) is 10.6. The zero-order chi connectivity index (χ0) is 24.2. The van der Waals surface area contributed by atoms with E-state index in [2.05, 4.69) is 31.2 Å². The van der Waals surface area contributed by atoms with Gasteiger partial charge in [-0.3, -0.25) is 4.79 Å². The molecule has 0 bridgehead atoms. The third-order valence-electron chi connectivity index (χ3n) is 6.11. The number of hydrogen-bond acceptors (Lipinski definition) is 5. The molecule has 9 heteroatoms. The summed E-state index contributed by atoms with van der Waals surface area (Å²) in [6.07, 6.45) is 7.28. The fraction of sp³-hybridized carbons (Fsp3) is 0.320. The number of carbonyl (C=O) groups is 1. The summed E-state index contributed by atoms with van der Waals surface area (Å²) in [5.41, 5.74) is 7.82. The average Bonchev–Trinajstić information content (AvgIpc) is 2.82. The molecule has 0 aliphatic heterocycles. The predicted octanol–water partition coefficient (Wildman–Crippen LogP) is 5.28. The number of nitrogens with two attached hydrogens (primary N) is 1. The summed E-state index contributed by atoms with van der Waals surface area (Å²) in [6, 6.07) is 7.23. The molecule has 178 valence electrons. The molecular formula is C25H25BrF2N4O2. The predicted molar refractivity (Wildman–Crippen MR) is 129 cm³/mol. The number of nitrogens with zero attached hydrogens (tertiary/aromatic N) is 2. The molecule has 1 aromatic heterocycles. The van der Waals surface area contributed by atoms with Crippen LogP contribution in [-0.4, -0.2) is 27.6 Å². The zero-order valence-electron chi connectivity index (χ0n) is 18.4. The van der Waals surface area contributed by atoms with Crippen LogP contribution in [0.25, 0.3) is 11.3 Å². The minimum absolute atomic E-state index is 0.188. The van der Waals surface area contributed by atoms with Gasteiger partial charge in [-0.05, 0) is 48.7 Å². The molecule has 1 amide bonds. The van der Waals surface area contributed by atoms with E-state index in [0.29, 0.717) is 27.2 Å². The second-order valence-corrected chi connectivity index (χ2v) is 9.39. The fourth-order valence-corrected chi connectivity index (χ4v) is 4.80. The van der Waals surface area contributed by atoms with E-state index in [1.54, 1.807) is 18.3 Å². The van der Waals surface area contributed by atoms with Crippen LogP contribution in [0.5, 0.6) is 0 Å². The molecule has 0 unspecified atom stereocenters. The van der Waals surface area contributed by atoms with Crippen LogP contribution in [0.4, 0.5) is 14.6 Å². The van der Waals surface area contributed by atoms with Crippen molar-refractivity contribution in [2.45, 2.75) is 44.1 Å². The molecule has 3 aromatic rings. The van der Waals surface area contributed by atoms with Gasteiger partial charge < -0.3 is 16.2 Å². The van der Waals surface area contributed by atoms with Crippen LogP contribution < -0.4 is 11.1 Å². The van der Waals surface area contributed by atoms with Gasteiger partial charge in [-0.25, -0.2) is 18.7 Å². The summed E-state index contributed by atoms with van der Waals surface area (Å²) in [5.74, 6) is -1.53. The smallest absolute Gasteiger partial charge is 0.254 e. The van der Waals surface area contributed by atoms with Crippen molar-refractivity contribution in [2.75, 3.05) is 12.3 Å². The highest BCUT2D eigenvalue weighted by atomic mass is 79.9. The number of aromatic nitrogens is 2. The number of aliphatic hydroxyl groups excluding tert-OH is 1. The molecule has 34 heavy (non-hydrogen) atoms. The Balaban J connectivity index is 1.56. The first kappa shape index (κ1) is 24.2. The van der Waals surface area contributed by atoms with E-state index in [1.165, 1.54) is 30.7 Å². The van der Waals surface area contributed by atoms with Crippen LogP contribution in [0, 0.1) is 11.6 Å². The van der Waals surface area contributed by atoms with Crippen molar-refractivity contribution in [1.82, 2.24) is 15.3 Å². The van der Waals surface area contributed by atoms with E-state index in [9.17, 15) is 18.7 Å². The Labute approximate surface area is 204 Å². The number of rotatable bonds is 6. The largest absolute Gasteiger partial charge is 0.394 e. The third kappa shape index (κ3) is 5.42. The summed E-state index contributed by atoms with van der Waals surface area (Å²) in [5, 5.41) is 12.3. The molecule has 1 aliphatic rings. The number of carbonyl (C=O) groups excluding carboxylic acids is 1. The number of amides is 1. The van der Waals surface area contributed by atoms with E-state index in [4.69, 9.17) is 5.73 Å². The van der Waals surface area contributed by atoms with Crippen LogP contribution in [0.1, 0.15) is 65.7 Å². The van der Waals surface area contributed by atoms with Crippen LogP contribution in [0.2, 0.25) is 0 Å². The van der Waals surface area contributed by atoms with Crippen molar-refractivity contribution in [3.05, 3.63) is 75.5 Å². The lowest BCUT2D eigenvalue weighted by molar-refractivity contribution is 0.0912. The monoisotopic (exact) mass is 530 g/mol. The summed E-state index contributed by atoms with van der Waals surface area (Å²) in [7, 11) is 0. The molecule has 1 aliphatic carbocycles. The molecule has 1 atom stereocenters. The molecule has 0 radical (unpaired) electrons. The van der Waals surface area contributed by atoms with Crippen LogP contribution in [0.15, 0.2) is 47.1 Å². The quantitative estimate of drug-likeness (QED) is 0.402. The maximum atomic E-state index is 15.0. The van der Waals surface area contributed by atoms with E-state index < -0.39 is 30.2 Å². The maximum absolute atomic E-state index is 15.0. The van der Waals surface area contributed by atoms with Gasteiger partial charge in [0.1, 0.15) is 23.1 Å². The summed E-state index contributed by atoms with van der Waals surface area (Å²) in [4.78, 5) is 21.7. The van der Waals surface area contributed by atoms with Crippen molar-refractivity contribution < 1.29 is 18.7 Å². The van der Waals surface area contributed by atoms with E-state index in [0.717, 1.165) is 31.4 Å². The molecule has 1 fully saturated rings. The van der Waals surface area contributed by atoms with Gasteiger partial charge in [0, 0.05) is 16.0 Å². The Hall–Kier alpha value is -2.91. The first-order valence-electron chi connectivity index (χ1n) is 11.2. The Morgan fingerprint density at radius 1 is 1.18 bits per heavy atom. The minimum Gasteiger partial charge on any atom is -0.394 e. The first-order chi connectivity index (χ1) is 16.4. The van der Waals surface area contributed by atoms with Crippen molar-refractivity contribution >= 4 is 27.7 Å². The lowest BCUT2D eigenvalue weighted by Crippen LogP contribution is -2.31. The molecule has 6 nitrogen and oxygen atoms in total. The fourth-order valence-electron chi connectivity index (χ4n) is 4.31. The first-order valence-corrected chi connectivity index (χ1v) is 11.9. The lowest BCUT2D eigenvalue weighted by atomic mass is 9.87. The third-order valence-corrected chi connectivity index (χ3v) is 6.56. The summed E-state index contributed by atoms with van der Waals surface area (Å²) in [6.45, 7) is -0.485. The number of nitrogens with one attached hydrogen (secondary N) is 1. The molecule has 4 rings (SSSR count). The van der Waals surface area contributed by atoms with Crippen LogP contribution >= 0.6 is 15.9 Å². The van der Waals surface area contributed by atoms with Gasteiger partial charge in [-0.2, -0.15) is 0 Å². The number of halogens is 3. The highest BCUT2D eigenvalue weighted by Crippen LogP contribution is 2.33. The highest BCUT2D eigenvalue weighted by Gasteiger charge is 2.22. The standard InChI is InChI=1S/C25H25BrF2N4O2/c26-17-8-16(9-18(27)11-17)22(13-33)32-25(34)19-7-6-15(10-20(19)28)23-24(29)30-12-21(31-23)14-4-2-1-3-5-14/h6-12,14,22,33H,1-5,13H2,(H2,29,30)(H,32,34)/t22-/m1/s1. The summed E-state index contributed by atoms with van der Waals surface area (Å²) < 4.78 is 29.2. The number of aliphatic hydroxyl groups is 1. The van der Waals surface area contributed by atoms with Crippen molar-refractivity contribution in [1.29, 1.82) is 0 Å². The zero-order valence-corrected chi connectivity index (χ0v) is 20.0. The van der Waals surface area contributed by atoms with Gasteiger partial charge in [-0.15, -0.1) is 0 Å². The van der Waals surface area contributed by atoms with Crippen LogP contribution in [0.3, 0.4) is 0 Å². The molecular weight excluding hydrogens is 506 g/mol. The molecule has 0 spiro atoms. The van der Waals surface area contributed by atoms with Crippen molar-refractivity contribution in [3.63, 3.8) is 0 Å². The molecule has 1 saturated carbocycles. The second-order valence-electron chi connectivity index (χ2n) is 8.47. The molecule has 2 aromatic carbocycles. The topological polar surface area (TPSA) is 101 Å². The Morgan fingerprint density at radius 2 is 1.94 bits per heavy atom. The van der Waals surface area contributed by atoms with Crippen molar-refractivity contribution in [2.24, 2.45) is 0 Å². The summed E-state index contributed by atoms with van der Waals surface area (Å²) >= 11 is 3.18. The van der Waals surface area contributed by atoms with E-state index in [1.807, 2.05) is 0 Å². The molecule has 1 heterocycles. The number of anilines is 1. The highest BCUT2D eigenvalue weighted by molar-refractivity contribution is 9.10. The van der Waals surface area contributed by atoms with Gasteiger partial charge in [0.25, 0.3) is 5.91 Å². The van der Waals surface area contributed by atoms with Crippen LogP contribution in [-0.2, 0) is 0 Å².